The Morgan fingerprint density at radius 3 is 2.40 bits per heavy atom. The molecule has 0 aliphatic carbocycles. The highest BCUT2D eigenvalue weighted by Gasteiger charge is 2.19. The predicted octanol–water partition coefficient (Wildman–Crippen LogP) is 1.50. The van der Waals surface area contributed by atoms with Crippen LogP contribution in [-0.2, 0) is 9.59 Å². The van der Waals surface area contributed by atoms with Crippen molar-refractivity contribution in [2.45, 2.75) is 39.0 Å². The van der Waals surface area contributed by atoms with Crippen molar-refractivity contribution in [1.29, 1.82) is 0 Å². The standard InChI is InChI=1S/C11H19NO3/c1-9-5-7-12(8-6-9)10(13)3-2-4-11(14)15/h9H,2-8H2,1H3,(H,14,15). The number of rotatable bonds is 4. The Balaban J connectivity index is 2.19. The number of amides is 1. The molecule has 4 heteroatoms. The zero-order valence-corrected chi connectivity index (χ0v) is 9.24. The van der Waals surface area contributed by atoms with Crippen LogP contribution in [0.2, 0.25) is 0 Å². The number of carbonyl (C=O) groups excluding carboxylic acids is 1. The lowest BCUT2D eigenvalue weighted by Gasteiger charge is -2.30. The van der Waals surface area contributed by atoms with Gasteiger partial charge in [-0.1, -0.05) is 6.92 Å². The van der Waals surface area contributed by atoms with E-state index >= 15 is 0 Å². The number of hydrogen-bond donors (Lipinski definition) is 1. The predicted molar refractivity (Wildman–Crippen MR) is 56.5 cm³/mol. The highest BCUT2D eigenvalue weighted by Crippen LogP contribution is 2.17. The van der Waals surface area contributed by atoms with Gasteiger partial charge in [-0.2, -0.15) is 0 Å². The number of carboxylic acids is 1. The van der Waals surface area contributed by atoms with Gasteiger partial charge in [-0.3, -0.25) is 9.59 Å². The summed E-state index contributed by atoms with van der Waals surface area (Å²) in [5, 5.41) is 8.45. The van der Waals surface area contributed by atoms with E-state index in [1.807, 2.05) is 4.90 Å². The van der Waals surface area contributed by atoms with Crippen LogP contribution in [0.1, 0.15) is 39.0 Å². The fourth-order valence-electron chi connectivity index (χ4n) is 1.81. The summed E-state index contributed by atoms with van der Waals surface area (Å²) in [5.74, 6) is 0.00582. The molecule has 0 unspecified atom stereocenters. The second-order valence-electron chi connectivity index (χ2n) is 4.31. The Hall–Kier alpha value is -1.06. The highest BCUT2D eigenvalue weighted by molar-refractivity contribution is 5.77. The van der Waals surface area contributed by atoms with Gasteiger partial charge in [-0.05, 0) is 25.2 Å². The zero-order chi connectivity index (χ0) is 11.3. The number of carbonyl (C=O) groups is 2. The van der Waals surface area contributed by atoms with Gasteiger partial charge < -0.3 is 10.0 Å². The minimum atomic E-state index is -0.824. The van der Waals surface area contributed by atoms with Crippen molar-refractivity contribution < 1.29 is 14.7 Å². The van der Waals surface area contributed by atoms with Gasteiger partial charge in [0.15, 0.2) is 0 Å². The van der Waals surface area contributed by atoms with Gasteiger partial charge in [-0.25, -0.2) is 0 Å². The lowest BCUT2D eigenvalue weighted by Crippen LogP contribution is -2.37. The Morgan fingerprint density at radius 2 is 1.87 bits per heavy atom. The molecule has 1 saturated heterocycles. The van der Waals surface area contributed by atoms with E-state index in [0.717, 1.165) is 25.9 Å². The van der Waals surface area contributed by atoms with Crippen molar-refractivity contribution in [3.63, 3.8) is 0 Å². The van der Waals surface area contributed by atoms with Crippen LogP contribution in [0.25, 0.3) is 0 Å². The summed E-state index contributed by atoms with van der Waals surface area (Å²) in [6.07, 6.45) is 3.08. The monoisotopic (exact) mass is 213 g/mol. The van der Waals surface area contributed by atoms with Gasteiger partial charge >= 0.3 is 5.97 Å². The second-order valence-corrected chi connectivity index (χ2v) is 4.31. The molecule has 0 radical (unpaired) electrons. The smallest absolute Gasteiger partial charge is 0.303 e. The Morgan fingerprint density at radius 1 is 1.27 bits per heavy atom. The van der Waals surface area contributed by atoms with E-state index in [4.69, 9.17) is 5.11 Å². The van der Waals surface area contributed by atoms with E-state index in [-0.39, 0.29) is 12.3 Å². The number of piperidine rings is 1. The molecular formula is C11H19NO3. The molecule has 0 aromatic rings. The third-order valence-electron chi connectivity index (χ3n) is 2.92. The summed E-state index contributed by atoms with van der Waals surface area (Å²) in [5.41, 5.74) is 0. The van der Waals surface area contributed by atoms with Crippen LogP contribution in [0.3, 0.4) is 0 Å². The van der Waals surface area contributed by atoms with Crippen LogP contribution in [-0.4, -0.2) is 35.0 Å². The van der Waals surface area contributed by atoms with Crippen molar-refractivity contribution in [1.82, 2.24) is 4.90 Å². The number of nitrogens with zero attached hydrogens (tertiary/aromatic N) is 1. The van der Waals surface area contributed by atoms with Gasteiger partial charge in [-0.15, -0.1) is 0 Å². The van der Waals surface area contributed by atoms with Gasteiger partial charge in [0.25, 0.3) is 0 Å². The van der Waals surface area contributed by atoms with Crippen LogP contribution in [0.4, 0.5) is 0 Å². The van der Waals surface area contributed by atoms with Crippen molar-refractivity contribution in [3.05, 3.63) is 0 Å². The Bertz CT molecular complexity index is 232. The van der Waals surface area contributed by atoms with Crippen LogP contribution >= 0.6 is 0 Å². The fourth-order valence-corrected chi connectivity index (χ4v) is 1.81. The van der Waals surface area contributed by atoms with Gasteiger partial charge in [0.1, 0.15) is 0 Å². The van der Waals surface area contributed by atoms with Crippen LogP contribution in [0.5, 0.6) is 0 Å². The number of aliphatic carboxylic acids is 1. The van der Waals surface area contributed by atoms with Crippen molar-refractivity contribution in [2.24, 2.45) is 5.92 Å². The molecule has 1 aliphatic rings. The average molecular weight is 213 g/mol. The van der Waals surface area contributed by atoms with Gasteiger partial charge in [0.2, 0.25) is 5.91 Å². The maximum atomic E-state index is 11.6. The normalized spacial score (nSPS) is 17.8. The Kier molecular flexibility index (Phi) is 4.59. The van der Waals surface area contributed by atoms with E-state index in [1.165, 1.54) is 0 Å². The molecule has 0 bridgehead atoms. The third kappa shape index (κ3) is 4.32. The molecule has 15 heavy (non-hydrogen) atoms. The van der Waals surface area contributed by atoms with Gasteiger partial charge in [0, 0.05) is 25.9 Å². The van der Waals surface area contributed by atoms with Crippen LogP contribution in [0.15, 0.2) is 0 Å². The maximum absolute atomic E-state index is 11.6. The topological polar surface area (TPSA) is 57.6 Å². The quantitative estimate of drug-likeness (QED) is 0.770. The summed E-state index contributed by atoms with van der Waals surface area (Å²) in [6, 6.07) is 0. The summed E-state index contributed by atoms with van der Waals surface area (Å²) in [7, 11) is 0. The molecule has 1 heterocycles. The largest absolute Gasteiger partial charge is 0.481 e. The molecule has 1 fully saturated rings. The fraction of sp³-hybridized carbons (Fsp3) is 0.818. The van der Waals surface area contributed by atoms with E-state index in [9.17, 15) is 9.59 Å². The first-order valence-corrected chi connectivity index (χ1v) is 5.59. The second kappa shape index (κ2) is 5.73. The van der Waals surface area contributed by atoms with E-state index < -0.39 is 5.97 Å². The van der Waals surface area contributed by atoms with Gasteiger partial charge in [0.05, 0.1) is 0 Å². The Labute approximate surface area is 90.3 Å². The molecule has 0 aromatic heterocycles. The highest BCUT2D eigenvalue weighted by atomic mass is 16.4. The first-order valence-electron chi connectivity index (χ1n) is 5.59. The molecular weight excluding hydrogens is 194 g/mol. The van der Waals surface area contributed by atoms with E-state index in [1.54, 1.807) is 0 Å². The molecule has 4 nitrogen and oxygen atoms in total. The molecule has 0 spiro atoms. The summed E-state index contributed by atoms with van der Waals surface area (Å²) >= 11 is 0. The zero-order valence-electron chi connectivity index (χ0n) is 9.24. The minimum Gasteiger partial charge on any atom is -0.481 e. The molecule has 1 amide bonds. The molecule has 1 rings (SSSR count). The summed E-state index contributed by atoms with van der Waals surface area (Å²) < 4.78 is 0. The van der Waals surface area contributed by atoms with Crippen LogP contribution in [0, 0.1) is 5.92 Å². The molecule has 0 saturated carbocycles. The lowest BCUT2D eigenvalue weighted by molar-refractivity contribution is -0.137. The number of carboxylic acid groups (broad SMARTS) is 1. The number of hydrogen-bond acceptors (Lipinski definition) is 2. The average Bonchev–Trinajstić information content (AvgIpc) is 2.18. The summed E-state index contributed by atoms with van der Waals surface area (Å²) in [4.78, 5) is 23.8. The lowest BCUT2D eigenvalue weighted by atomic mass is 9.99. The van der Waals surface area contributed by atoms with Crippen molar-refractivity contribution >= 4 is 11.9 Å². The first-order chi connectivity index (χ1) is 7.09. The molecule has 1 N–H and O–H groups in total. The molecule has 0 aromatic carbocycles. The SMILES string of the molecule is CC1CCN(C(=O)CCCC(=O)O)CC1. The molecule has 1 aliphatic heterocycles. The number of likely N-dealkylation sites (tertiary alicyclic amines) is 1. The van der Waals surface area contributed by atoms with E-state index in [2.05, 4.69) is 6.92 Å². The minimum absolute atomic E-state index is 0.0932. The first kappa shape index (κ1) is 12.0. The van der Waals surface area contributed by atoms with Crippen LogP contribution < -0.4 is 0 Å². The molecule has 0 atom stereocenters. The maximum Gasteiger partial charge on any atom is 0.303 e. The molecule has 86 valence electrons. The van der Waals surface area contributed by atoms with Crippen molar-refractivity contribution in [2.75, 3.05) is 13.1 Å². The third-order valence-corrected chi connectivity index (χ3v) is 2.92. The van der Waals surface area contributed by atoms with E-state index in [0.29, 0.717) is 18.8 Å². The van der Waals surface area contributed by atoms with Crippen molar-refractivity contribution in [3.8, 4) is 0 Å². The summed E-state index contributed by atoms with van der Waals surface area (Å²) in [6.45, 7) is 3.88.